The first-order chi connectivity index (χ1) is 9.67. The monoisotopic (exact) mass is 277 g/mol. The first kappa shape index (κ1) is 14.5. The fourth-order valence-corrected chi connectivity index (χ4v) is 2.37. The zero-order valence-corrected chi connectivity index (χ0v) is 12.6. The van der Waals surface area contributed by atoms with E-state index in [1.54, 1.807) is 7.05 Å². The van der Waals surface area contributed by atoms with E-state index >= 15 is 0 Å². The molecule has 1 aromatic rings. The molecule has 2 N–H and O–H groups in total. The number of ether oxygens (including phenoxy) is 2. The molecule has 0 aliphatic carbocycles. The lowest BCUT2D eigenvalue weighted by atomic mass is 10.1. The van der Waals surface area contributed by atoms with Crippen LogP contribution in [0.4, 0.5) is 0 Å². The zero-order valence-electron chi connectivity index (χ0n) is 12.6. The van der Waals surface area contributed by atoms with Crippen LogP contribution in [0.3, 0.4) is 0 Å². The predicted octanol–water partition coefficient (Wildman–Crippen LogP) is 1.70. The van der Waals surface area contributed by atoms with E-state index in [1.165, 1.54) is 5.56 Å². The molecule has 110 valence electrons. The second-order valence-electron chi connectivity index (χ2n) is 4.81. The highest BCUT2D eigenvalue weighted by molar-refractivity contribution is 5.79. The van der Waals surface area contributed by atoms with Crippen molar-refractivity contribution in [1.82, 2.24) is 10.6 Å². The minimum atomic E-state index is 0.243. The van der Waals surface area contributed by atoms with Gasteiger partial charge in [-0.2, -0.15) is 0 Å². The molecule has 0 aromatic heterocycles. The van der Waals surface area contributed by atoms with Crippen molar-refractivity contribution in [3.05, 3.63) is 23.3 Å². The van der Waals surface area contributed by atoms with Gasteiger partial charge in [-0.25, -0.2) is 0 Å². The maximum atomic E-state index is 5.81. The van der Waals surface area contributed by atoms with Gasteiger partial charge in [0.05, 0.1) is 6.61 Å². The number of nitrogens with zero attached hydrogens (tertiary/aromatic N) is 1. The van der Waals surface area contributed by atoms with E-state index < -0.39 is 0 Å². The molecule has 2 rings (SSSR count). The number of fused-ring (bicyclic) bond motifs is 1. The van der Waals surface area contributed by atoms with Crippen LogP contribution in [0.5, 0.6) is 11.5 Å². The minimum Gasteiger partial charge on any atom is -0.494 e. The lowest BCUT2D eigenvalue weighted by Crippen LogP contribution is -2.34. The molecule has 0 radical (unpaired) electrons. The quantitative estimate of drug-likeness (QED) is 0.650. The Morgan fingerprint density at radius 2 is 2.30 bits per heavy atom. The molecule has 5 heteroatoms. The predicted molar refractivity (Wildman–Crippen MR) is 80.7 cm³/mol. The highest BCUT2D eigenvalue weighted by atomic mass is 16.5. The van der Waals surface area contributed by atoms with Crippen LogP contribution < -0.4 is 20.1 Å². The number of rotatable bonds is 4. The fourth-order valence-electron chi connectivity index (χ4n) is 2.37. The SMILES string of the molecule is CCOc1cc2c(cc1CNC(=NC)NC)O[C@H](C)C2. The Morgan fingerprint density at radius 3 is 2.95 bits per heavy atom. The number of hydrogen-bond donors (Lipinski definition) is 2. The third kappa shape index (κ3) is 3.15. The van der Waals surface area contributed by atoms with Crippen LogP contribution in [-0.2, 0) is 13.0 Å². The zero-order chi connectivity index (χ0) is 14.5. The van der Waals surface area contributed by atoms with Crippen molar-refractivity contribution >= 4 is 5.96 Å². The van der Waals surface area contributed by atoms with E-state index in [1.807, 2.05) is 14.0 Å². The molecular weight excluding hydrogens is 254 g/mol. The van der Waals surface area contributed by atoms with Crippen molar-refractivity contribution in [2.45, 2.75) is 32.9 Å². The van der Waals surface area contributed by atoms with Gasteiger partial charge in [-0.3, -0.25) is 4.99 Å². The van der Waals surface area contributed by atoms with Crippen LogP contribution in [0.15, 0.2) is 17.1 Å². The Hall–Kier alpha value is -1.91. The van der Waals surface area contributed by atoms with E-state index in [-0.39, 0.29) is 6.10 Å². The Labute approximate surface area is 120 Å². The van der Waals surface area contributed by atoms with E-state index in [4.69, 9.17) is 9.47 Å². The van der Waals surface area contributed by atoms with Gasteiger partial charge in [0, 0.05) is 38.2 Å². The lowest BCUT2D eigenvalue weighted by Gasteiger charge is -2.14. The van der Waals surface area contributed by atoms with Gasteiger partial charge in [0.25, 0.3) is 0 Å². The van der Waals surface area contributed by atoms with Gasteiger partial charge in [0.2, 0.25) is 0 Å². The van der Waals surface area contributed by atoms with Crippen LogP contribution in [0.25, 0.3) is 0 Å². The Morgan fingerprint density at radius 1 is 1.50 bits per heavy atom. The van der Waals surface area contributed by atoms with Crippen molar-refractivity contribution in [2.24, 2.45) is 4.99 Å². The third-order valence-electron chi connectivity index (χ3n) is 3.29. The number of aliphatic imine (C=N–C) groups is 1. The van der Waals surface area contributed by atoms with Crippen LogP contribution in [-0.4, -0.2) is 32.8 Å². The van der Waals surface area contributed by atoms with Crippen LogP contribution >= 0.6 is 0 Å². The summed E-state index contributed by atoms with van der Waals surface area (Å²) in [5.41, 5.74) is 2.30. The molecule has 0 saturated carbocycles. The second kappa shape index (κ2) is 6.50. The maximum absolute atomic E-state index is 5.81. The van der Waals surface area contributed by atoms with Gasteiger partial charge in [-0.15, -0.1) is 0 Å². The van der Waals surface area contributed by atoms with Crippen molar-refractivity contribution in [1.29, 1.82) is 0 Å². The van der Waals surface area contributed by atoms with Gasteiger partial charge in [-0.1, -0.05) is 0 Å². The van der Waals surface area contributed by atoms with E-state index in [9.17, 15) is 0 Å². The maximum Gasteiger partial charge on any atom is 0.190 e. The average Bonchev–Trinajstić information content (AvgIpc) is 2.79. The molecule has 0 amide bonds. The van der Waals surface area contributed by atoms with Crippen LogP contribution in [0.1, 0.15) is 25.0 Å². The summed E-state index contributed by atoms with van der Waals surface area (Å²) in [5.74, 6) is 2.64. The minimum absolute atomic E-state index is 0.243. The normalized spacial score (nSPS) is 17.4. The Kier molecular flexibility index (Phi) is 4.71. The van der Waals surface area contributed by atoms with Gasteiger partial charge in [0.1, 0.15) is 17.6 Å². The summed E-state index contributed by atoms with van der Waals surface area (Å²) in [5, 5.41) is 6.24. The molecule has 0 fully saturated rings. The van der Waals surface area contributed by atoms with Crippen LogP contribution in [0, 0.1) is 0 Å². The first-order valence-corrected chi connectivity index (χ1v) is 7.01. The highest BCUT2D eigenvalue weighted by Gasteiger charge is 2.21. The Balaban J connectivity index is 2.20. The molecular formula is C15H23N3O2. The average molecular weight is 277 g/mol. The summed E-state index contributed by atoms with van der Waals surface area (Å²) >= 11 is 0. The molecule has 1 heterocycles. The smallest absolute Gasteiger partial charge is 0.190 e. The van der Waals surface area contributed by atoms with Gasteiger partial charge in [0.15, 0.2) is 5.96 Å². The summed E-state index contributed by atoms with van der Waals surface area (Å²) in [6.07, 6.45) is 1.19. The topological polar surface area (TPSA) is 54.9 Å². The van der Waals surface area contributed by atoms with Gasteiger partial charge < -0.3 is 20.1 Å². The van der Waals surface area contributed by atoms with E-state index in [0.29, 0.717) is 13.2 Å². The summed E-state index contributed by atoms with van der Waals surface area (Å²) in [6.45, 7) is 5.38. The summed E-state index contributed by atoms with van der Waals surface area (Å²) in [4.78, 5) is 4.10. The summed E-state index contributed by atoms with van der Waals surface area (Å²) < 4.78 is 11.6. The highest BCUT2D eigenvalue weighted by Crippen LogP contribution is 2.35. The molecule has 5 nitrogen and oxygen atoms in total. The Bertz CT molecular complexity index is 500. The van der Waals surface area contributed by atoms with Gasteiger partial charge in [-0.05, 0) is 26.0 Å². The molecule has 1 aromatic carbocycles. The van der Waals surface area contributed by atoms with Crippen molar-refractivity contribution in [2.75, 3.05) is 20.7 Å². The standard InChI is InChI=1S/C15H23N3O2/c1-5-19-13-7-11-6-10(2)20-14(11)8-12(13)9-18-15(16-3)17-4/h7-8,10H,5-6,9H2,1-4H3,(H2,16,17,18)/t10-/m1/s1. The van der Waals surface area contributed by atoms with E-state index in [2.05, 4.69) is 34.7 Å². The van der Waals surface area contributed by atoms with Gasteiger partial charge >= 0.3 is 0 Å². The lowest BCUT2D eigenvalue weighted by molar-refractivity contribution is 0.254. The molecule has 20 heavy (non-hydrogen) atoms. The number of guanidine groups is 1. The molecule has 0 bridgehead atoms. The largest absolute Gasteiger partial charge is 0.494 e. The number of hydrogen-bond acceptors (Lipinski definition) is 3. The van der Waals surface area contributed by atoms with Crippen molar-refractivity contribution in [3.63, 3.8) is 0 Å². The first-order valence-electron chi connectivity index (χ1n) is 7.01. The van der Waals surface area contributed by atoms with Crippen molar-refractivity contribution in [3.8, 4) is 11.5 Å². The molecule has 1 aliphatic heterocycles. The molecule has 1 aliphatic rings. The summed E-state index contributed by atoms with van der Waals surface area (Å²) in [7, 11) is 3.59. The molecule has 1 atom stereocenters. The molecule has 0 unspecified atom stereocenters. The number of nitrogens with one attached hydrogen (secondary N) is 2. The number of benzene rings is 1. The van der Waals surface area contributed by atoms with Crippen molar-refractivity contribution < 1.29 is 9.47 Å². The molecule has 0 spiro atoms. The third-order valence-corrected chi connectivity index (χ3v) is 3.29. The summed E-state index contributed by atoms with van der Waals surface area (Å²) in [6, 6.07) is 4.17. The second-order valence-corrected chi connectivity index (χ2v) is 4.81. The van der Waals surface area contributed by atoms with E-state index in [0.717, 1.165) is 29.4 Å². The van der Waals surface area contributed by atoms with Crippen LogP contribution in [0.2, 0.25) is 0 Å². The molecule has 0 saturated heterocycles. The fraction of sp³-hybridized carbons (Fsp3) is 0.533.